The fourth-order valence-corrected chi connectivity index (χ4v) is 2.31. The van der Waals surface area contributed by atoms with E-state index in [4.69, 9.17) is 5.73 Å². The van der Waals surface area contributed by atoms with Crippen LogP contribution in [-0.4, -0.2) is 16.4 Å². The molecule has 2 aromatic carbocycles. The molecule has 0 saturated heterocycles. The predicted molar refractivity (Wildman–Crippen MR) is 76.6 cm³/mol. The second-order valence-electron chi connectivity index (χ2n) is 4.58. The Hall–Kier alpha value is -2.95. The van der Waals surface area contributed by atoms with Gasteiger partial charge in [-0.2, -0.15) is 0 Å². The number of nitrogens with zero attached hydrogens (tertiary/aromatic N) is 1. The lowest BCUT2D eigenvalue weighted by molar-refractivity contribution is 0.0961. The van der Waals surface area contributed by atoms with Crippen LogP contribution in [0.3, 0.4) is 0 Å². The summed E-state index contributed by atoms with van der Waals surface area (Å²) in [7, 11) is 0. The summed E-state index contributed by atoms with van der Waals surface area (Å²) in [4.78, 5) is 24.0. The fraction of sp³-hybridized carbons (Fsp3) is 0. The number of fused-ring (bicyclic) bond motifs is 1. The molecule has 1 aromatic heterocycles. The number of rotatable bonds is 2. The van der Waals surface area contributed by atoms with Crippen LogP contribution in [0.2, 0.25) is 0 Å². The molecule has 0 bridgehead atoms. The minimum absolute atomic E-state index is 0.0609. The lowest BCUT2D eigenvalue weighted by Crippen LogP contribution is -2.14. The van der Waals surface area contributed by atoms with Crippen LogP contribution in [0.1, 0.15) is 20.7 Å². The van der Waals surface area contributed by atoms with Crippen molar-refractivity contribution in [1.82, 2.24) is 4.57 Å². The van der Waals surface area contributed by atoms with E-state index in [-0.39, 0.29) is 11.1 Å². The van der Waals surface area contributed by atoms with Gasteiger partial charge >= 0.3 is 0 Å². The lowest BCUT2D eigenvalue weighted by atomic mass is 10.1. The standard InChI is InChI=1S/C16H11FN2O2/c17-13-7-3-1-6-11(13)16(21)19-9-12(15(18)20)10-5-2-4-8-14(10)19/h1-9H,(H2,18,20). The van der Waals surface area contributed by atoms with E-state index in [2.05, 4.69) is 0 Å². The van der Waals surface area contributed by atoms with E-state index >= 15 is 0 Å². The van der Waals surface area contributed by atoms with Crippen LogP contribution in [0.15, 0.2) is 54.7 Å². The Morgan fingerprint density at radius 3 is 2.33 bits per heavy atom. The van der Waals surface area contributed by atoms with Gasteiger partial charge in [0.15, 0.2) is 0 Å². The number of carbonyl (C=O) groups is 2. The van der Waals surface area contributed by atoms with Crippen molar-refractivity contribution < 1.29 is 14.0 Å². The maximum Gasteiger partial charge on any atom is 0.265 e. The molecule has 0 spiro atoms. The summed E-state index contributed by atoms with van der Waals surface area (Å²) in [5.41, 5.74) is 6.01. The van der Waals surface area contributed by atoms with Gasteiger partial charge in [0, 0.05) is 11.6 Å². The Labute approximate surface area is 119 Å². The van der Waals surface area contributed by atoms with Crippen molar-refractivity contribution in [2.24, 2.45) is 5.73 Å². The molecule has 104 valence electrons. The highest BCUT2D eigenvalue weighted by Crippen LogP contribution is 2.22. The predicted octanol–water partition coefficient (Wildman–Crippen LogP) is 2.57. The number of hydrogen-bond acceptors (Lipinski definition) is 2. The molecule has 3 rings (SSSR count). The third-order valence-electron chi connectivity index (χ3n) is 3.30. The summed E-state index contributed by atoms with van der Waals surface area (Å²) in [5, 5.41) is 0.565. The summed E-state index contributed by atoms with van der Waals surface area (Å²) in [6, 6.07) is 12.6. The highest BCUT2D eigenvalue weighted by molar-refractivity contribution is 6.11. The molecule has 4 nitrogen and oxygen atoms in total. The molecule has 0 atom stereocenters. The number of amides is 1. The van der Waals surface area contributed by atoms with Gasteiger partial charge in [0.2, 0.25) is 0 Å². The van der Waals surface area contributed by atoms with E-state index in [0.717, 1.165) is 0 Å². The van der Waals surface area contributed by atoms with E-state index in [1.54, 1.807) is 30.3 Å². The second-order valence-corrected chi connectivity index (χ2v) is 4.58. The van der Waals surface area contributed by atoms with Gasteiger partial charge in [-0.25, -0.2) is 4.39 Å². The first-order valence-electron chi connectivity index (χ1n) is 6.28. The molecule has 1 heterocycles. The molecule has 5 heteroatoms. The zero-order valence-corrected chi connectivity index (χ0v) is 10.9. The number of carbonyl (C=O) groups excluding carboxylic acids is 2. The molecular formula is C16H11FN2O2. The van der Waals surface area contributed by atoms with E-state index in [1.807, 2.05) is 0 Å². The first-order valence-corrected chi connectivity index (χ1v) is 6.28. The molecule has 0 saturated carbocycles. The maximum atomic E-state index is 13.8. The normalized spacial score (nSPS) is 10.7. The van der Waals surface area contributed by atoms with Crippen molar-refractivity contribution in [2.45, 2.75) is 0 Å². The molecule has 21 heavy (non-hydrogen) atoms. The molecule has 0 aliphatic carbocycles. The minimum Gasteiger partial charge on any atom is -0.366 e. The quantitative estimate of drug-likeness (QED) is 0.785. The highest BCUT2D eigenvalue weighted by Gasteiger charge is 2.19. The largest absolute Gasteiger partial charge is 0.366 e. The Bertz CT molecular complexity index is 868. The van der Waals surface area contributed by atoms with Crippen molar-refractivity contribution >= 4 is 22.7 Å². The van der Waals surface area contributed by atoms with Crippen molar-refractivity contribution in [3.63, 3.8) is 0 Å². The lowest BCUT2D eigenvalue weighted by Gasteiger charge is -2.04. The van der Waals surface area contributed by atoms with Gasteiger partial charge in [0.05, 0.1) is 16.6 Å². The van der Waals surface area contributed by atoms with Gasteiger partial charge in [-0.1, -0.05) is 30.3 Å². The minimum atomic E-state index is -0.633. The number of halogens is 1. The molecule has 3 aromatic rings. The first kappa shape index (κ1) is 13.1. The van der Waals surface area contributed by atoms with Crippen molar-refractivity contribution in [1.29, 1.82) is 0 Å². The molecular weight excluding hydrogens is 271 g/mol. The molecule has 0 fully saturated rings. The summed E-state index contributed by atoms with van der Waals surface area (Å²) in [6.45, 7) is 0. The van der Waals surface area contributed by atoms with Gasteiger partial charge in [0.25, 0.3) is 11.8 Å². The summed E-state index contributed by atoms with van der Waals surface area (Å²) in [6.07, 6.45) is 1.35. The molecule has 0 unspecified atom stereocenters. The van der Waals surface area contributed by atoms with E-state index in [1.165, 1.54) is 29.0 Å². The Kier molecular flexibility index (Phi) is 3.02. The van der Waals surface area contributed by atoms with Crippen LogP contribution < -0.4 is 5.73 Å². The van der Waals surface area contributed by atoms with E-state index in [0.29, 0.717) is 10.9 Å². The highest BCUT2D eigenvalue weighted by atomic mass is 19.1. The SMILES string of the molecule is NC(=O)c1cn(C(=O)c2ccccc2F)c2ccccc12. The second kappa shape index (κ2) is 4.86. The molecule has 0 radical (unpaired) electrons. The monoisotopic (exact) mass is 282 g/mol. The van der Waals surface area contributed by atoms with Crippen LogP contribution in [0.25, 0.3) is 10.9 Å². The third kappa shape index (κ3) is 2.08. The smallest absolute Gasteiger partial charge is 0.265 e. The summed E-state index contributed by atoms with van der Waals surface area (Å²) in [5.74, 6) is -1.79. The number of benzene rings is 2. The average molecular weight is 282 g/mol. The number of primary amides is 1. The molecule has 0 aliphatic rings. The van der Waals surface area contributed by atoms with Gasteiger partial charge < -0.3 is 5.73 Å². The van der Waals surface area contributed by atoms with Gasteiger partial charge in [-0.3, -0.25) is 14.2 Å². The van der Waals surface area contributed by atoms with Crippen LogP contribution >= 0.6 is 0 Å². The number of aromatic nitrogens is 1. The Morgan fingerprint density at radius 2 is 1.62 bits per heavy atom. The van der Waals surface area contributed by atoms with Crippen molar-refractivity contribution in [3.8, 4) is 0 Å². The molecule has 1 amide bonds. The topological polar surface area (TPSA) is 65.1 Å². The van der Waals surface area contributed by atoms with E-state index in [9.17, 15) is 14.0 Å². The average Bonchev–Trinajstić information content (AvgIpc) is 2.87. The zero-order chi connectivity index (χ0) is 15.0. The zero-order valence-electron chi connectivity index (χ0n) is 10.9. The number of nitrogens with two attached hydrogens (primary N) is 1. The number of hydrogen-bond donors (Lipinski definition) is 1. The first-order chi connectivity index (χ1) is 10.1. The maximum absolute atomic E-state index is 13.8. The Balaban J connectivity index is 2.24. The van der Waals surface area contributed by atoms with Crippen LogP contribution in [0.5, 0.6) is 0 Å². The summed E-state index contributed by atoms with van der Waals surface area (Å²) >= 11 is 0. The van der Waals surface area contributed by atoms with Gasteiger partial charge in [-0.15, -0.1) is 0 Å². The third-order valence-corrected chi connectivity index (χ3v) is 3.30. The summed E-state index contributed by atoms with van der Waals surface area (Å²) < 4.78 is 15.0. The number of para-hydroxylation sites is 1. The van der Waals surface area contributed by atoms with E-state index < -0.39 is 17.6 Å². The van der Waals surface area contributed by atoms with Crippen LogP contribution in [-0.2, 0) is 0 Å². The van der Waals surface area contributed by atoms with Gasteiger partial charge in [-0.05, 0) is 18.2 Å². The molecule has 0 aliphatic heterocycles. The Morgan fingerprint density at radius 1 is 0.952 bits per heavy atom. The van der Waals surface area contributed by atoms with Gasteiger partial charge in [0.1, 0.15) is 5.82 Å². The van der Waals surface area contributed by atoms with Crippen LogP contribution in [0, 0.1) is 5.82 Å². The van der Waals surface area contributed by atoms with Crippen LogP contribution in [0.4, 0.5) is 4.39 Å². The van der Waals surface area contributed by atoms with Crippen molar-refractivity contribution in [2.75, 3.05) is 0 Å². The fourth-order valence-electron chi connectivity index (χ4n) is 2.31. The molecule has 2 N–H and O–H groups in total. The van der Waals surface area contributed by atoms with Crippen molar-refractivity contribution in [3.05, 3.63) is 71.7 Å².